The monoisotopic (exact) mass is 408 g/mol. The van der Waals surface area contributed by atoms with Gasteiger partial charge in [0.25, 0.3) is 0 Å². The molecule has 0 aliphatic carbocycles. The average molecular weight is 408 g/mol. The van der Waals surface area contributed by atoms with E-state index in [-0.39, 0.29) is 6.54 Å². The van der Waals surface area contributed by atoms with E-state index in [0.29, 0.717) is 34.2 Å². The van der Waals surface area contributed by atoms with Crippen molar-refractivity contribution in [1.29, 1.82) is 0 Å². The van der Waals surface area contributed by atoms with Gasteiger partial charge in [-0.2, -0.15) is 0 Å². The molecule has 3 rings (SSSR count). The third-order valence-corrected chi connectivity index (χ3v) is 4.37. The van der Waals surface area contributed by atoms with E-state index in [9.17, 15) is 9.90 Å². The van der Waals surface area contributed by atoms with E-state index >= 15 is 0 Å². The minimum atomic E-state index is -0.821. The molecule has 0 aliphatic rings. The SMILES string of the molecule is COc1ccc(C(O)CNC(=O)Nc2ccc(Oc3ccccc3OC)cc2)cc1. The lowest BCUT2D eigenvalue weighted by Crippen LogP contribution is -2.32. The molecule has 1 atom stereocenters. The van der Waals surface area contributed by atoms with Gasteiger partial charge in [-0.3, -0.25) is 0 Å². The highest BCUT2D eigenvalue weighted by Gasteiger charge is 2.10. The van der Waals surface area contributed by atoms with Crippen molar-refractivity contribution in [2.45, 2.75) is 6.10 Å². The van der Waals surface area contributed by atoms with Crippen molar-refractivity contribution in [3.63, 3.8) is 0 Å². The summed E-state index contributed by atoms with van der Waals surface area (Å²) in [7, 11) is 3.16. The second-order valence-corrected chi connectivity index (χ2v) is 6.40. The Morgan fingerprint density at radius 1 is 0.867 bits per heavy atom. The lowest BCUT2D eigenvalue weighted by Gasteiger charge is -2.14. The van der Waals surface area contributed by atoms with Crippen LogP contribution in [-0.2, 0) is 0 Å². The summed E-state index contributed by atoms with van der Waals surface area (Å²) in [4.78, 5) is 12.1. The zero-order valence-electron chi connectivity index (χ0n) is 16.8. The second kappa shape index (κ2) is 10.2. The molecule has 30 heavy (non-hydrogen) atoms. The van der Waals surface area contributed by atoms with Crippen LogP contribution in [-0.4, -0.2) is 31.9 Å². The van der Waals surface area contributed by atoms with Crippen molar-refractivity contribution in [3.05, 3.63) is 78.4 Å². The Morgan fingerprint density at radius 3 is 2.13 bits per heavy atom. The Hall–Kier alpha value is -3.71. The van der Waals surface area contributed by atoms with Crippen LogP contribution in [0, 0.1) is 0 Å². The number of nitrogens with one attached hydrogen (secondary N) is 2. The molecule has 7 nitrogen and oxygen atoms in total. The van der Waals surface area contributed by atoms with Gasteiger partial charge in [0.05, 0.1) is 20.3 Å². The fourth-order valence-electron chi connectivity index (χ4n) is 2.74. The number of ether oxygens (including phenoxy) is 3. The number of rotatable bonds is 8. The van der Waals surface area contributed by atoms with Crippen LogP contribution in [0.5, 0.6) is 23.0 Å². The van der Waals surface area contributed by atoms with E-state index in [1.54, 1.807) is 62.8 Å². The van der Waals surface area contributed by atoms with Crippen molar-refractivity contribution < 1.29 is 24.1 Å². The quantitative estimate of drug-likeness (QED) is 0.516. The largest absolute Gasteiger partial charge is 0.497 e. The fraction of sp³-hybridized carbons (Fsp3) is 0.174. The molecule has 3 N–H and O–H groups in total. The maximum atomic E-state index is 12.1. The number of benzene rings is 3. The molecule has 0 saturated carbocycles. The van der Waals surface area contributed by atoms with Crippen molar-refractivity contribution in [3.8, 4) is 23.0 Å². The third kappa shape index (κ3) is 5.65. The van der Waals surface area contributed by atoms with E-state index in [0.717, 1.165) is 0 Å². The van der Waals surface area contributed by atoms with Crippen molar-refractivity contribution in [2.75, 3.05) is 26.1 Å². The maximum absolute atomic E-state index is 12.1. The predicted molar refractivity (Wildman–Crippen MR) is 114 cm³/mol. The maximum Gasteiger partial charge on any atom is 0.319 e. The molecule has 0 spiro atoms. The number of para-hydroxylation sites is 2. The molecular weight excluding hydrogens is 384 g/mol. The standard InChI is InChI=1S/C23H24N2O5/c1-28-18-11-7-16(8-12-18)20(26)15-24-23(27)25-17-9-13-19(14-10-17)30-22-6-4-3-5-21(22)29-2/h3-14,20,26H,15H2,1-2H3,(H2,24,25,27). The topological polar surface area (TPSA) is 89.1 Å². The number of carbonyl (C=O) groups excluding carboxylic acids is 1. The fourth-order valence-corrected chi connectivity index (χ4v) is 2.74. The summed E-state index contributed by atoms with van der Waals surface area (Å²) in [6.45, 7) is 0.0765. The van der Waals surface area contributed by atoms with E-state index < -0.39 is 12.1 Å². The molecule has 0 saturated heterocycles. The van der Waals surface area contributed by atoms with Gasteiger partial charge in [-0.15, -0.1) is 0 Å². The normalized spacial score (nSPS) is 11.3. The molecule has 3 aromatic carbocycles. The molecule has 0 aliphatic heterocycles. The van der Waals surface area contributed by atoms with Crippen LogP contribution in [0.1, 0.15) is 11.7 Å². The van der Waals surface area contributed by atoms with Crippen LogP contribution in [0.15, 0.2) is 72.8 Å². The zero-order valence-corrected chi connectivity index (χ0v) is 16.8. The molecule has 0 aromatic heterocycles. The summed E-state index contributed by atoms with van der Waals surface area (Å²) in [5.41, 5.74) is 1.28. The number of aliphatic hydroxyl groups is 1. The first-order chi connectivity index (χ1) is 14.6. The van der Waals surface area contributed by atoms with Crippen LogP contribution in [0.3, 0.4) is 0 Å². The first-order valence-electron chi connectivity index (χ1n) is 9.37. The van der Waals surface area contributed by atoms with Gasteiger partial charge in [-0.25, -0.2) is 4.79 Å². The summed E-state index contributed by atoms with van der Waals surface area (Å²) in [6, 6.07) is 20.9. The number of amides is 2. The van der Waals surface area contributed by atoms with Crippen LogP contribution in [0.25, 0.3) is 0 Å². The summed E-state index contributed by atoms with van der Waals surface area (Å²) < 4.78 is 16.2. The smallest absolute Gasteiger partial charge is 0.319 e. The molecule has 2 amide bonds. The molecule has 1 unspecified atom stereocenters. The summed E-state index contributed by atoms with van der Waals surface area (Å²) in [5, 5.41) is 15.6. The van der Waals surface area contributed by atoms with Gasteiger partial charge in [0.15, 0.2) is 11.5 Å². The molecule has 7 heteroatoms. The molecule has 0 radical (unpaired) electrons. The van der Waals surface area contributed by atoms with Gasteiger partial charge < -0.3 is 30.0 Å². The van der Waals surface area contributed by atoms with Gasteiger partial charge in [-0.05, 0) is 54.1 Å². The van der Waals surface area contributed by atoms with E-state index in [1.165, 1.54) is 0 Å². The summed E-state index contributed by atoms with van der Waals surface area (Å²) >= 11 is 0. The highest BCUT2D eigenvalue weighted by atomic mass is 16.5. The van der Waals surface area contributed by atoms with Crippen molar-refractivity contribution >= 4 is 11.7 Å². The molecule has 0 bridgehead atoms. The lowest BCUT2D eigenvalue weighted by molar-refractivity contribution is 0.175. The Labute approximate surface area is 175 Å². The Kier molecular flexibility index (Phi) is 7.13. The highest BCUT2D eigenvalue weighted by Crippen LogP contribution is 2.31. The van der Waals surface area contributed by atoms with Gasteiger partial charge >= 0.3 is 6.03 Å². The molecular formula is C23H24N2O5. The third-order valence-electron chi connectivity index (χ3n) is 4.37. The van der Waals surface area contributed by atoms with Crippen LogP contribution >= 0.6 is 0 Å². The minimum absolute atomic E-state index is 0.0765. The number of hydrogen-bond acceptors (Lipinski definition) is 5. The number of aliphatic hydroxyl groups excluding tert-OH is 1. The van der Waals surface area contributed by atoms with Gasteiger partial charge in [0.1, 0.15) is 11.5 Å². The Bertz CT molecular complexity index is 958. The molecule has 156 valence electrons. The first-order valence-corrected chi connectivity index (χ1v) is 9.37. The highest BCUT2D eigenvalue weighted by molar-refractivity contribution is 5.89. The minimum Gasteiger partial charge on any atom is -0.497 e. The van der Waals surface area contributed by atoms with E-state index in [1.807, 2.05) is 24.3 Å². The molecule has 0 heterocycles. The summed E-state index contributed by atoms with van der Waals surface area (Å²) in [5.74, 6) is 2.55. The van der Waals surface area contributed by atoms with Crippen molar-refractivity contribution in [2.24, 2.45) is 0 Å². The molecule has 3 aromatic rings. The first kappa shape index (κ1) is 21.0. The molecule has 0 fully saturated rings. The second-order valence-electron chi connectivity index (χ2n) is 6.40. The Morgan fingerprint density at radius 2 is 1.50 bits per heavy atom. The van der Waals surface area contributed by atoms with Crippen molar-refractivity contribution in [1.82, 2.24) is 5.32 Å². The predicted octanol–water partition coefficient (Wildman–Crippen LogP) is 4.35. The van der Waals surface area contributed by atoms with Crippen LogP contribution in [0.4, 0.5) is 10.5 Å². The van der Waals surface area contributed by atoms with Gasteiger partial charge in [0, 0.05) is 12.2 Å². The average Bonchev–Trinajstić information content (AvgIpc) is 2.79. The van der Waals surface area contributed by atoms with Gasteiger partial charge in [-0.1, -0.05) is 24.3 Å². The number of anilines is 1. The van der Waals surface area contributed by atoms with E-state index in [4.69, 9.17) is 14.2 Å². The number of urea groups is 1. The number of carbonyl (C=O) groups is 1. The van der Waals surface area contributed by atoms with Crippen LogP contribution in [0.2, 0.25) is 0 Å². The number of methoxy groups -OCH3 is 2. The summed E-state index contributed by atoms with van der Waals surface area (Å²) in [6.07, 6.45) is -0.821. The lowest BCUT2D eigenvalue weighted by atomic mass is 10.1. The zero-order chi connectivity index (χ0) is 21.3. The van der Waals surface area contributed by atoms with Crippen LogP contribution < -0.4 is 24.8 Å². The Balaban J connectivity index is 1.50. The van der Waals surface area contributed by atoms with Gasteiger partial charge in [0.2, 0.25) is 0 Å². The number of hydrogen-bond donors (Lipinski definition) is 3. The van der Waals surface area contributed by atoms with E-state index in [2.05, 4.69) is 10.6 Å².